The van der Waals surface area contributed by atoms with Crippen LogP contribution in [-0.4, -0.2) is 51.0 Å². The van der Waals surface area contributed by atoms with Crippen LogP contribution >= 0.6 is 0 Å². The minimum Gasteiger partial charge on any atom is -0.396 e. The molecule has 3 aliphatic carbocycles. The lowest BCUT2D eigenvalue weighted by atomic mass is 10.0. The van der Waals surface area contributed by atoms with Crippen molar-refractivity contribution < 1.29 is 4.74 Å². The van der Waals surface area contributed by atoms with Gasteiger partial charge in [0.2, 0.25) is 0 Å². The lowest BCUT2D eigenvalue weighted by molar-refractivity contribution is 0.0196. The zero-order chi connectivity index (χ0) is 32.1. The summed E-state index contributed by atoms with van der Waals surface area (Å²) in [7, 11) is 1.79. The monoisotopic (exact) mass is 630 g/mol. The highest BCUT2D eigenvalue weighted by Gasteiger charge is 2.68. The summed E-state index contributed by atoms with van der Waals surface area (Å²) in [6.45, 7) is 0.678. The number of nitrogen functional groups attached to an aromatic ring is 1. The van der Waals surface area contributed by atoms with E-state index >= 15 is 0 Å². The highest BCUT2D eigenvalue weighted by Crippen LogP contribution is 2.62. The number of likely N-dealkylation sites (tertiary alicyclic amines) is 1. The summed E-state index contributed by atoms with van der Waals surface area (Å²) < 4.78 is 5.60. The lowest BCUT2D eigenvalue weighted by Crippen LogP contribution is -2.41. The Morgan fingerprint density at radius 3 is 2.35 bits per heavy atom. The molecule has 1 unspecified atom stereocenters. The molecule has 7 heteroatoms. The zero-order valence-electron chi connectivity index (χ0n) is 27.2. The molecule has 2 atom stereocenters. The largest absolute Gasteiger partial charge is 0.396 e. The first-order valence-corrected chi connectivity index (χ1v) is 17.4. The van der Waals surface area contributed by atoms with Crippen molar-refractivity contribution in [2.45, 2.75) is 80.4 Å². The van der Waals surface area contributed by atoms with Crippen molar-refractivity contribution in [3.8, 4) is 23.7 Å². The number of aliphatic imine (C=N–C) groups is 1. The molecule has 238 valence electrons. The van der Waals surface area contributed by atoms with E-state index in [4.69, 9.17) is 20.4 Å². The Kier molecular flexibility index (Phi) is 6.01. The SMILES string of the molecule is COCN1C2(CC2)CCC12CC2=Nc1ccc2cc(C#CC#Cc3ccc4c(ccc5[nH]c([C@@H]6CCC7(CC7)N6)nc54)c3)ccc2c1N. The fraction of sp³-hybridized carbons (Fsp3) is 0.366. The van der Waals surface area contributed by atoms with Crippen LogP contribution in [0.25, 0.3) is 32.6 Å². The molecular weight excluding hydrogens is 592 g/mol. The minimum atomic E-state index is 0.0729. The third kappa shape index (κ3) is 4.49. The number of nitrogens with one attached hydrogen (secondary N) is 2. The number of methoxy groups -OCH3 is 1. The number of H-pyrrole nitrogens is 1. The van der Waals surface area contributed by atoms with Crippen LogP contribution in [0.5, 0.6) is 0 Å². The van der Waals surface area contributed by atoms with Crippen LogP contribution in [0, 0.1) is 23.7 Å². The van der Waals surface area contributed by atoms with E-state index in [9.17, 15) is 0 Å². The van der Waals surface area contributed by atoms with Crippen LogP contribution in [0.2, 0.25) is 0 Å². The van der Waals surface area contributed by atoms with Crippen molar-refractivity contribution in [3.05, 3.63) is 77.6 Å². The molecular formula is C41H38N6O. The Bertz CT molecular complexity index is 2340. The van der Waals surface area contributed by atoms with Crippen LogP contribution in [0.1, 0.15) is 80.8 Å². The summed E-state index contributed by atoms with van der Waals surface area (Å²) in [5, 5.41) is 8.15. The van der Waals surface area contributed by atoms with Gasteiger partial charge in [-0.3, -0.25) is 9.89 Å². The van der Waals surface area contributed by atoms with E-state index in [1.807, 2.05) is 12.1 Å². The molecule has 3 heterocycles. The minimum absolute atomic E-state index is 0.0729. The Morgan fingerprint density at radius 2 is 1.62 bits per heavy atom. The standard InChI is InChI=1S/C41H38N6O/c1-48-25-47-40(18-19-40)20-21-41(47)24-35(41)43-32-12-8-28-22-26(6-10-30(28)36(32)42)4-2-3-5-27-7-11-31-29(23-27)9-13-33-37(31)45-38(44-33)34-14-15-39(46-34)16-17-39/h6-13,22-23,34,46H,14-21,24-25,42H2,1H3,(H,44,45)/t34-,41?/m0/s1. The van der Waals surface area contributed by atoms with Crippen molar-refractivity contribution in [1.82, 2.24) is 20.2 Å². The molecule has 5 fully saturated rings. The van der Waals surface area contributed by atoms with Crippen molar-refractivity contribution in [1.29, 1.82) is 0 Å². The third-order valence-corrected chi connectivity index (χ3v) is 11.9. The van der Waals surface area contributed by atoms with E-state index in [-0.39, 0.29) is 5.54 Å². The number of hydrogen-bond donors (Lipinski definition) is 3. The van der Waals surface area contributed by atoms with Gasteiger partial charge < -0.3 is 20.8 Å². The molecule has 7 nitrogen and oxygen atoms in total. The molecule has 48 heavy (non-hydrogen) atoms. The lowest BCUT2D eigenvalue weighted by Gasteiger charge is -2.28. The van der Waals surface area contributed by atoms with Crippen LogP contribution < -0.4 is 11.1 Å². The summed E-state index contributed by atoms with van der Waals surface area (Å²) in [4.78, 5) is 16.3. The number of nitrogens with two attached hydrogens (primary N) is 1. The number of hydrogen-bond acceptors (Lipinski definition) is 6. The van der Waals surface area contributed by atoms with E-state index in [0.29, 0.717) is 23.9 Å². The summed E-state index contributed by atoms with van der Waals surface area (Å²) in [6, 6.07) is 21.2. The van der Waals surface area contributed by atoms with E-state index < -0.39 is 0 Å². The summed E-state index contributed by atoms with van der Waals surface area (Å²) in [6.07, 6.45) is 11.0. The van der Waals surface area contributed by atoms with E-state index in [1.54, 1.807) is 7.11 Å². The Hall–Kier alpha value is -4.66. The Labute approximate surface area is 280 Å². The number of anilines is 1. The molecule has 2 aliphatic heterocycles. The first-order chi connectivity index (χ1) is 23.5. The first-order valence-electron chi connectivity index (χ1n) is 17.4. The van der Waals surface area contributed by atoms with Crippen molar-refractivity contribution in [2.75, 3.05) is 19.6 Å². The maximum atomic E-state index is 6.68. The number of aromatic amines is 1. The number of rotatable bonds is 4. The molecule has 3 spiro atoms. The van der Waals surface area contributed by atoms with Gasteiger partial charge in [0.25, 0.3) is 0 Å². The number of benzene rings is 4. The van der Waals surface area contributed by atoms with Gasteiger partial charge >= 0.3 is 0 Å². The van der Waals surface area contributed by atoms with Gasteiger partial charge in [-0.05, 0) is 110 Å². The molecule has 1 aromatic heterocycles. The first kappa shape index (κ1) is 28.4. The second-order valence-corrected chi connectivity index (χ2v) is 14.8. The fourth-order valence-corrected chi connectivity index (χ4v) is 8.70. The molecule has 0 amide bonds. The topological polar surface area (TPSA) is 91.6 Å². The van der Waals surface area contributed by atoms with Gasteiger partial charge in [0, 0.05) is 52.2 Å². The predicted octanol–water partition coefficient (Wildman–Crippen LogP) is 7.26. The molecule has 10 rings (SSSR count). The average Bonchev–Trinajstić information content (AvgIpc) is 4.04. The summed E-state index contributed by atoms with van der Waals surface area (Å²) in [5.74, 6) is 13.6. The van der Waals surface area contributed by atoms with Crippen molar-refractivity contribution >= 4 is 49.7 Å². The number of nitrogens with zero attached hydrogens (tertiary/aromatic N) is 3. The van der Waals surface area contributed by atoms with Crippen LogP contribution in [0.4, 0.5) is 11.4 Å². The van der Waals surface area contributed by atoms with Gasteiger partial charge in [-0.1, -0.05) is 36.1 Å². The maximum absolute atomic E-state index is 6.68. The van der Waals surface area contributed by atoms with E-state index in [0.717, 1.165) is 73.7 Å². The molecule has 0 bridgehead atoms. The number of aromatic nitrogens is 2. The number of ether oxygens (including phenoxy) is 1. The van der Waals surface area contributed by atoms with Gasteiger partial charge in [-0.25, -0.2) is 4.98 Å². The maximum Gasteiger partial charge on any atom is 0.124 e. The van der Waals surface area contributed by atoms with Gasteiger partial charge in [0.1, 0.15) is 5.82 Å². The fourth-order valence-electron chi connectivity index (χ4n) is 8.70. The molecule has 5 aromatic rings. The van der Waals surface area contributed by atoms with Gasteiger partial charge in [-0.15, -0.1) is 0 Å². The molecule has 5 aliphatic rings. The average molecular weight is 631 g/mol. The molecule has 0 radical (unpaired) electrons. The Morgan fingerprint density at radius 1 is 0.896 bits per heavy atom. The highest BCUT2D eigenvalue weighted by atomic mass is 16.5. The molecule has 4 aromatic carbocycles. The van der Waals surface area contributed by atoms with Crippen LogP contribution in [0.3, 0.4) is 0 Å². The van der Waals surface area contributed by atoms with Crippen molar-refractivity contribution in [3.63, 3.8) is 0 Å². The second kappa shape index (κ2) is 10.2. The summed E-state index contributed by atoms with van der Waals surface area (Å²) in [5.41, 5.74) is 14.3. The Balaban J connectivity index is 0.859. The normalized spacial score (nSPS) is 25.3. The smallest absolute Gasteiger partial charge is 0.124 e. The highest BCUT2D eigenvalue weighted by molar-refractivity contribution is 6.12. The predicted molar refractivity (Wildman–Crippen MR) is 192 cm³/mol. The third-order valence-electron chi connectivity index (χ3n) is 11.9. The molecule has 4 N–H and O–H groups in total. The summed E-state index contributed by atoms with van der Waals surface area (Å²) >= 11 is 0. The molecule has 2 saturated heterocycles. The van der Waals surface area contributed by atoms with Gasteiger partial charge in [0.15, 0.2) is 0 Å². The van der Waals surface area contributed by atoms with Crippen LogP contribution in [0.15, 0.2) is 65.7 Å². The number of fused-ring (bicyclic) bond motifs is 4. The van der Waals surface area contributed by atoms with Gasteiger partial charge in [-0.2, -0.15) is 0 Å². The van der Waals surface area contributed by atoms with Crippen LogP contribution in [-0.2, 0) is 4.74 Å². The molecule has 3 saturated carbocycles. The van der Waals surface area contributed by atoms with E-state index in [2.05, 4.69) is 87.4 Å². The quantitative estimate of drug-likeness (QED) is 0.144. The van der Waals surface area contributed by atoms with Crippen molar-refractivity contribution in [2.24, 2.45) is 4.99 Å². The van der Waals surface area contributed by atoms with Gasteiger partial charge in [0.05, 0.1) is 40.7 Å². The zero-order valence-corrected chi connectivity index (χ0v) is 27.2. The number of imidazole rings is 1. The second-order valence-electron chi connectivity index (χ2n) is 14.8. The van der Waals surface area contributed by atoms with E-state index in [1.165, 1.54) is 50.7 Å².